The summed E-state index contributed by atoms with van der Waals surface area (Å²) < 4.78 is 32.2. The molecule has 2 heterocycles. The van der Waals surface area contributed by atoms with Crippen LogP contribution in [0.5, 0.6) is 5.75 Å². The van der Waals surface area contributed by atoms with Crippen molar-refractivity contribution in [2.75, 3.05) is 38.2 Å². The topological polar surface area (TPSA) is 100 Å². The van der Waals surface area contributed by atoms with Gasteiger partial charge in [0.25, 0.3) is 0 Å². The molecule has 2 aromatic carbocycles. The molecule has 0 spiro atoms. The quantitative estimate of drug-likeness (QED) is 0.425. The lowest BCUT2D eigenvalue weighted by molar-refractivity contribution is -0.888. The standard InChI is InChI=1S/C22H25F2N3O3S.H2O/c1-26(22-25-20-4-2-3-5-21(20)31-22)15-8-10-27(29,11-9-15)13-16(28)14-30-17-6-7-18(23)19(24)12-17;/h2-7,12,15-16,28H,8-11,13-14H2,1H3;1H2/t15?,16-,27?;/m0./s1. The Balaban J connectivity index is 0.00000289. The Kier molecular flexibility index (Phi) is 7.63. The summed E-state index contributed by atoms with van der Waals surface area (Å²) in [7, 11) is 2.01. The smallest absolute Gasteiger partial charge is 0.186 e. The Bertz CT molecular complexity index is 1010. The lowest BCUT2D eigenvalue weighted by Crippen LogP contribution is -2.56. The maximum Gasteiger partial charge on any atom is 0.186 e. The number of nitrogens with zero attached hydrogens (tertiary/aromatic N) is 3. The Morgan fingerprint density at radius 1 is 1.22 bits per heavy atom. The summed E-state index contributed by atoms with van der Waals surface area (Å²) >= 11 is 1.64. The molecule has 1 aromatic heterocycles. The van der Waals surface area contributed by atoms with Crippen LogP contribution in [0.15, 0.2) is 42.5 Å². The molecule has 0 radical (unpaired) electrons. The van der Waals surface area contributed by atoms with Crippen molar-refractivity contribution in [3.63, 3.8) is 0 Å². The van der Waals surface area contributed by atoms with Crippen molar-refractivity contribution in [3.8, 4) is 5.75 Å². The van der Waals surface area contributed by atoms with Gasteiger partial charge in [0.1, 0.15) is 25.0 Å². The van der Waals surface area contributed by atoms with Gasteiger partial charge < -0.3 is 30.1 Å². The van der Waals surface area contributed by atoms with E-state index < -0.39 is 22.4 Å². The number of piperidine rings is 1. The number of quaternary nitrogens is 1. The van der Waals surface area contributed by atoms with Gasteiger partial charge in [-0.05, 0) is 24.3 Å². The summed E-state index contributed by atoms with van der Waals surface area (Å²) in [5.41, 5.74) is 0.975. The van der Waals surface area contributed by atoms with Gasteiger partial charge in [-0.3, -0.25) is 0 Å². The van der Waals surface area contributed by atoms with Crippen LogP contribution >= 0.6 is 11.3 Å². The highest BCUT2D eigenvalue weighted by Gasteiger charge is 2.32. The second-order valence-electron chi connectivity index (χ2n) is 8.03. The summed E-state index contributed by atoms with van der Waals surface area (Å²) in [6, 6.07) is 11.4. The largest absolute Gasteiger partial charge is 0.633 e. The molecule has 0 bridgehead atoms. The van der Waals surface area contributed by atoms with Crippen LogP contribution in [-0.4, -0.2) is 65.6 Å². The summed E-state index contributed by atoms with van der Waals surface area (Å²) in [5.74, 6) is -1.86. The van der Waals surface area contributed by atoms with E-state index in [1.165, 1.54) is 6.07 Å². The van der Waals surface area contributed by atoms with E-state index in [4.69, 9.17) is 9.72 Å². The number of rotatable bonds is 7. The van der Waals surface area contributed by atoms with Gasteiger partial charge in [0.15, 0.2) is 16.8 Å². The van der Waals surface area contributed by atoms with Gasteiger partial charge >= 0.3 is 0 Å². The third-order valence-corrected chi connectivity index (χ3v) is 6.88. The molecule has 10 heteroatoms. The Morgan fingerprint density at radius 3 is 2.62 bits per heavy atom. The number of anilines is 1. The highest BCUT2D eigenvalue weighted by Crippen LogP contribution is 2.32. The van der Waals surface area contributed by atoms with Crippen molar-refractivity contribution < 1.29 is 28.7 Å². The van der Waals surface area contributed by atoms with Gasteiger partial charge in [-0.25, -0.2) is 13.8 Å². The summed E-state index contributed by atoms with van der Waals surface area (Å²) in [6.07, 6.45) is 0.406. The SMILES string of the molecule is CN(c1nc2ccccc2s1)C1CC[N+]([O-])(C[C@H](O)COc2ccc(F)c(F)c2)CC1.O. The van der Waals surface area contributed by atoms with Crippen molar-refractivity contribution in [1.29, 1.82) is 0 Å². The number of hydrogen-bond acceptors (Lipinski definition) is 6. The first-order valence-electron chi connectivity index (χ1n) is 10.2. The van der Waals surface area contributed by atoms with Crippen LogP contribution in [0.25, 0.3) is 10.2 Å². The van der Waals surface area contributed by atoms with Gasteiger partial charge in [-0.15, -0.1) is 0 Å². The number of para-hydroxylation sites is 1. The van der Waals surface area contributed by atoms with E-state index >= 15 is 0 Å². The zero-order chi connectivity index (χ0) is 22.0. The Hall–Kier alpha value is -2.37. The van der Waals surface area contributed by atoms with E-state index in [0.29, 0.717) is 25.9 Å². The van der Waals surface area contributed by atoms with Crippen molar-refractivity contribution >= 4 is 26.7 Å². The molecule has 1 aliphatic heterocycles. The second kappa shape index (κ2) is 10.1. The van der Waals surface area contributed by atoms with E-state index in [1.807, 2.05) is 25.2 Å². The molecule has 1 fully saturated rings. The maximum atomic E-state index is 13.2. The summed E-state index contributed by atoms with van der Waals surface area (Å²) in [5, 5.41) is 24.3. The highest BCUT2D eigenvalue weighted by molar-refractivity contribution is 7.22. The maximum absolute atomic E-state index is 13.2. The molecular formula is C22H27F2N3O4S. The molecule has 7 nitrogen and oxygen atoms in total. The molecule has 1 saturated heterocycles. The Morgan fingerprint density at radius 2 is 1.94 bits per heavy atom. The molecule has 1 atom stereocenters. The van der Waals surface area contributed by atoms with Gasteiger partial charge in [-0.1, -0.05) is 23.5 Å². The number of halogens is 2. The molecule has 0 unspecified atom stereocenters. The first-order chi connectivity index (χ1) is 14.8. The fourth-order valence-corrected chi connectivity index (χ4v) is 4.96. The fraction of sp³-hybridized carbons (Fsp3) is 0.409. The molecule has 1 aliphatic rings. The van der Waals surface area contributed by atoms with Crippen LogP contribution in [0.1, 0.15) is 12.8 Å². The minimum absolute atomic E-state index is 0. The van der Waals surface area contributed by atoms with Crippen molar-refractivity contribution in [2.45, 2.75) is 25.0 Å². The van der Waals surface area contributed by atoms with Crippen LogP contribution < -0.4 is 9.64 Å². The number of aromatic nitrogens is 1. The number of thiazole rings is 1. The van der Waals surface area contributed by atoms with Crippen molar-refractivity contribution in [2.24, 2.45) is 0 Å². The number of ether oxygens (including phenoxy) is 1. The van der Waals surface area contributed by atoms with E-state index in [-0.39, 0.29) is 30.4 Å². The monoisotopic (exact) mass is 467 g/mol. The molecule has 0 amide bonds. The number of hydroxylamine groups is 3. The number of fused-ring (bicyclic) bond motifs is 1. The molecule has 32 heavy (non-hydrogen) atoms. The number of benzene rings is 2. The fourth-order valence-electron chi connectivity index (χ4n) is 3.96. The molecule has 174 valence electrons. The van der Waals surface area contributed by atoms with Gasteiger partial charge in [0.05, 0.1) is 23.3 Å². The molecule has 3 N–H and O–H groups in total. The van der Waals surface area contributed by atoms with E-state index in [9.17, 15) is 19.1 Å². The molecular weight excluding hydrogens is 440 g/mol. The zero-order valence-electron chi connectivity index (χ0n) is 17.7. The Labute approximate surface area is 189 Å². The van der Waals surface area contributed by atoms with Gasteiger partial charge in [0.2, 0.25) is 0 Å². The lowest BCUT2D eigenvalue weighted by Gasteiger charge is -2.49. The predicted molar refractivity (Wildman–Crippen MR) is 121 cm³/mol. The first-order valence-corrected chi connectivity index (χ1v) is 11.1. The third kappa shape index (κ3) is 5.51. The predicted octanol–water partition coefficient (Wildman–Crippen LogP) is 3.10. The van der Waals surface area contributed by atoms with Crippen LogP contribution in [0.3, 0.4) is 0 Å². The van der Waals surface area contributed by atoms with E-state index in [2.05, 4.69) is 11.0 Å². The van der Waals surface area contributed by atoms with Gasteiger partial charge in [0, 0.05) is 32.0 Å². The number of likely N-dealkylation sites (tertiary alicyclic amines) is 1. The average molecular weight is 468 g/mol. The van der Waals surface area contributed by atoms with Crippen LogP contribution in [0.2, 0.25) is 0 Å². The normalized spacial score (nSPS) is 21.7. The van der Waals surface area contributed by atoms with Crippen molar-refractivity contribution in [3.05, 3.63) is 59.3 Å². The zero-order valence-corrected chi connectivity index (χ0v) is 18.5. The van der Waals surface area contributed by atoms with E-state index in [1.54, 1.807) is 11.3 Å². The second-order valence-corrected chi connectivity index (χ2v) is 9.04. The summed E-state index contributed by atoms with van der Waals surface area (Å²) in [4.78, 5) is 6.84. The minimum atomic E-state index is -1.02. The van der Waals surface area contributed by atoms with Crippen molar-refractivity contribution in [1.82, 2.24) is 4.98 Å². The van der Waals surface area contributed by atoms with E-state index in [0.717, 1.165) is 27.5 Å². The molecule has 3 aromatic rings. The van der Waals surface area contributed by atoms with Gasteiger partial charge in [-0.2, -0.15) is 0 Å². The molecule has 0 saturated carbocycles. The lowest BCUT2D eigenvalue weighted by atomic mass is 10.0. The molecule has 4 rings (SSSR count). The number of hydrogen-bond donors (Lipinski definition) is 1. The minimum Gasteiger partial charge on any atom is -0.633 e. The number of aliphatic hydroxyl groups is 1. The summed E-state index contributed by atoms with van der Waals surface area (Å²) in [6.45, 7) is 0.633. The van der Waals surface area contributed by atoms with Crippen LogP contribution in [0, 0.1) is 16.8 Å². The number of aliphatic hydroxyl groups excluding tert-OH is 1. The first kappa shape index (κ1) is 24.3. The average Bonchev–Trinajstić information content (AvgIpc) is 3.19. The highest BCUT2D eigenvalue weighted by atomic mass is 32.1. The van der Waals surface area contributed by atoms with Crippen LogP contribution in [-0.2, 0) is 0 Å². The third-order valence-electron chi connectivity index (χ3n) is 5.75. The van der Waals surface area contributed by atoms with Crippen LogP contribution in [0.4, 0.5) is 13.9 Å². The molecule has 0 aliphatic carbocycles.